The molecular weight excluding hydrogens is 384 g/mol. The zero-order valence-corrected chi connectivity index (χ0v) is 15.8. The molecule has 0 unspecified atom stereocenters. The molecule has 2 aromatic carbocycles. The van der Waals surface area contributed by atoms with Crippen molar-refractivity contribution >= 4 is 23.4 Å². The van der Waals surface area contributed by atoms with E-state index in [-0.39, 0.29) is 0 Å². The van der Waals surface area contributed by atoms with Gasteiger partial charge in [-0.25, -0.2) is 0 Å². The van der Waals surface area contributed by atoms with Gasteiger partial charge in [0.25, 0.3) is 0 Å². The van der Waals surface area contributed by atoms with Crippen molar-refractivity contribution in [2.45, 2.75) is 18.0 Å². The van der Waals surface area contributed by atoms with Gasteiger partial charge in [0, 0.05) is 22.8 Å². The lowest BCUT2D eigenvalue weighted by molar-refractivity contribution is 0.378. The number of hydrogen-bond acceptors (Lipinski definition) is 7. The first-order valence-electron chi connectivity index (χ1n) is 8.35. The molecule has 0 aliphatic rings. The second kappa shape index (κ2) is 8.32. The molecule has 2 aromatic heterocycles. The minimum Gasteiger partial charge on any atom is -0.339 e. The van der Waals surface area contributed by atoms with Crippen LogP contribution >= 0.6 is 23.4 Å². The Balaban J connectivity index is 1.31. The fourth-order valence-corrected chi connectivity index (χ4v) is 3.42. The quantitative estimate of drug-likeness (QED) is 0.342. The summed E-state index contributed by atoms with van der Waals surface area (Å²) >= 11 is 7.49. The summed E-state index contributed by atoms with van der Waals surface area (Å²) in [4.78, 5) is 4.43. The van der Waals surface area contributed by atoms with E-state index in [2.05, 4.69) is 25.7 Å². The van der Waals surface area contributed by atoms with Crippen molar-refractivity contribution in [1.82, 2.24) is 30.3 Å². The summed E-state index contributed by atoms with van der Waals surface area (Å²) in [5.41, 5.74) is 1.82. The van der Waals surface area contributed by atoms with Crippen LogP contribution in [0.3, 0.4) is 0 Å². The van der Waals surface area contributed by atoms with Gasteiger partial charge in [0.05, 0.1) is 5.69 Å². The van der Waals surface area contributed by atoms with Gasteiger partial charge in [0.1, 0.15) is 0 Å². The number of aryl methyl sites for hydroxylation is 1. The van der Waals surface area contributed by atoms with E-state index in [4.69, 9.17) is 16.1 Å². The van der Waals surface area contributed by atoms with Crippen LogP contribution in [0.5, 0.6) is 0 Å². The molecule has 0 fully saturated rings. The lowest BCUT2D eigenvalue weighted by Crippen LogP contribution is -1.99. The molecule has 0 atom stereocenters. The predicted molar refractivity (Wildman–Crippen MR) is 103 cm³/mol. The van der Waals surface area contributed by atoms with Gasteiger partial charge >= 0.3 is 0 Å². The Hall–Kier alpha value is -2.71. The fraction of sp³-hybridized carbons (Fsp3) is 0.167. The van der Waals surface area contributed by atoms with Crippen molar-refractivity contribution < 1.29 is 4.52 Å². The summed E-state index contributed by atoms with van der Waals surface area (Å²) in [5.74, 6) is 2.02. The van der Waals surface area contributed by atoms with Gasteiger partial charge in [-0.1, -0.05) is 46.7 Å². The molecule has 9 heteroatoms. The number of halogens is 1. The molecule has 4 rings (SSSR count). The Morgan fingerprint density at radius 2 is 1.85 bits per heavy atom. The van der Waals surface area contributed by atoms with Crippen molar-refractivity contribution in [3.63, 3.8) is 0 Å². The topological polar surface area (TPSA) is 82.5 Å². The number of para-hydroxylation sites is 1. The second-order valence-electron chi connectivity index (χ2n) is 5.68. The van der Waals surface area contributed by atoms with Crippen molar-refractivity contribution in [3.8, 4) is 17.1 Å². The van der Waals surface area contributed by atoms with Crippen LogP contribution in [0.25, 0.3) is 17.1 Å². The average Bonchev–Trinajstić information content (AvgIpc) is 3.36. The number of aromatic nitrogens is 6. The summed E-state index contributed by atoms with van der Waals surface area (Å²) < 4.78 is 7.06. The van der Waals surface area contributed by atoms with Crippen LogP contribution in [-0.4, -0.2) is 36.1 Å². The smallest absolute Gasteiger partial charge is 0.226 e. The van der Waals surface area contributed by atoms with Crippen LogP contribution in [-0.2, 0) is 6.42 Å². The van der Waals surface area contributed by atoms with E-state index in [1.54, 1.807) is 28.6 Å². The molecule has 0 aliphatic carbocycles. The molecule has 0 saturated carbocycles. The molecule has 0 aliphatic heterocycles. The number of rotatable bonds is 7. The Morgan fingerprint density at radius 1 is 1.04 bits per heavy atom. The summed E-state index contributed by atoms with van der Waals surface area (Å²) in [5, 5.41) is 17.4. The van der Waals surface area contributed by atoms with Gasteiger partial charge in [-0.2, -0.15) is 9.67 Å². The number of hydrogen-bond donors (Lipinski definition) is 0. The Labute approximate surface area is 164 Å². The van der Waals surface area contributed by atoms with E-state index in [1.165, 1.54) is 0 Å². The first kappa shape index (κ1) is 17.7. The maximum absolute atomic E-state index is 5.90. The molecule has 4 aromatic rings. The first-order chi connectivity index (χ1) is 13.3. The summed E-state index contributed by atoms with van der Waals surface area (Å²) in [6.45, 7) is 0. The molecular formula is C18H15ClN6OS. The van der Waals surface area contributed by atoms with Gasteiger partial charge in [-0.15, -0.1) is 5.10 Å². The molecule has 0 bridgehead atoms. The molecule has 0 spiro atoms. The monoisotopic (exact) mass is 398 g/mol. The van der Waals surface area contributed by atoms with E-state index in [9.17, 15) is 0 Å². The van der Waals surface area contributed by atoms with Crippen molar-refractivity contribution in [2.24, 2.45) is 0 Å². The number of thioether (sulfide) groups is 1. The Morgan fingerprint density at radius 3 is 2.67 bits per heavy atom. The van der Waals surface area contributed by atoms with Crippen molar-refractivity contribution in [1.29, 1.82) is 0 Å². The molecule has 2 heterocycles. The van der Waals surface area contributed by atoms with Crippen LogP contribution < -0.4 is 0 Å². The third-order valence-electron chi connectivity index (χ3n) is 3.78. The maximum Gasteiger partial charge on any atom is 0.226 e. The molecule has 7 nitrogen and oxygen atoms in total. The van der Waals surface area contributed by atoms with E-state index < -0.39 is 0 Å². The standard InChI is InChI=1S/C18H15ClN6OS/c19-14-10-8-13(9-11-14)17-20-16(26-22-17)7-4-12-27-18-21-23-24-25(18)15-5-2-1-3-6-15/h1-3,5-6,8-11H,4,7,12H2. The van der Waals surface area contributed by atoms with E-state index in [0.717, 1.165) is 28.6 Å². The van der Waals surface area contributed by atoms with Gasteiger partial charge in [-0.05, 0) is 53.2 Å². The lowest BCUT2D eigenvalue weighted by atomic mass is 10.2. The number of tetrazole rings is 1. The number of nitrogens with zero attached hydrogens (tertiary/aromatic N) is 6. The van der Waals surface area contributed by atoms with Crippen LogP contribution in [0.1, 0.15) is 12.3 Å². The maximum atomic E-state index is 5.90. The largest absolute Gasteiger partial charge is 0.339 e. The third-order valence-corrected chi connectivity index (χ3v) is 5.04. The third kappa shape index (κ3) is 4.35. The zero-order valence-electron chi connectivity index (χ0n) is 14.2. The highest BCUT2D eigenvalue weighted by atomic mass is 35.5. The normalized spacial score (nSPS) is 11.0. The van der Waals surface area contributed by atoms with Crippen LogP contribution in [0.15, 0.2) is 64.3 Å². The summed E-state index contributed by atoms with van der Waals surface area (Å²) in [6.07, 6.45) is 1.56. The lowest BCUT2D eigenvalue weighted by Gasteiger charge is -2.03. The molecule has 27 heavy (non-hydrogen) atoms. The SMILES string of the molecule is Clc1ccc(-c2noc(CCCSc3nnnn3-c3ccccc3)n2)cc1. The van der Waals surface area contributed by atoms with Crippen LogP contribution in [0.2, 0.25) is 5.02 Å². The van der Waals surface area contributed by atoms with Crippen LogP contribution in [0.4, 0.5) is 0 Å². The van der Waals surface area contributed by atoms with Gasteiger partial charge < -0.3 is 4.52 Å². The second-order valence-corrected chi connectivity index (χ2v) is 7.18. The van der Waals surface area contributed by atoms with Gasteiger partial charge in [0.15, 0.2) is 0 Å². The Kier molecular flexibility index (Phi) is 5.45. The van der Waals surface area contributed by atoms with E-state index in [0.29, 0.717) is 23.2 Å². The predicted octanol–water partition coefficient (Wildman–Crippen LogP) is 4.09. The molecule has 0 saturated heterocycles. The molecule has 0 amide bonds. The zero-order chi connectivity index (χ0) is 18.5. The van der Waals surface area contributed by atoms with Crippen LogP contribution in [0, 0.1) is 0 Å². The fourth-order valence-electron chi connectivity index (χ4n) is 2.46. The minimum atomic E-state index is 0.572. The average molecular weight is 399 g/mol. The highest BCUT2D eigenvalue weighted by Crippen LogP contribution is 2.21. The molecule has 0 radical (unpaired) electrons. The van der Waals surface area contributed by atoms with Crippen molar-refractivity contribution in [3.05, 3.63) is 65.5 Å². The highest BCUT2D eigenvalue weighted by molar-refractivity contribution is 7.99. The molecule has 0 N–H and O–H groups in total. The number of benzene rings is 2. The summed E-state index contributed by atoms with van der Waals surface area (Å²) in [7, 11) is 0. The molecule has 136 valence electrons. The first-order valence-corrected chi connectivity index (χ1v) is 9.71. The minimum absolute atomic E-state index is 0.572. The highest BCUT2D eigenvalue weighted by Gasteiger charge is 2.11. The van der Waals surface area contributed by atoms with Gasteiger partial charge in [0.2, 0.25) is 16.9 Å². The Bertz CT molecular complexity index is 1000. The van der Waals surface area contributed by atoms with Crippen molar-refractivity contribution in [2.75, 3.05) is 5.75 Å². The summed E-state index contributed by atoms with van der Waals surface area (Å²) in [6, 6.07) is 17.2. The van der Waals surface area contributed by atoms with E-state index >= 15 is 0 Å². The van der Waals surface area contributed by atoms with Gasteiger partial charge in [-0.3, -0.25) is 0 Å². The van der Waals surface area contributed by atoms with E-state index in [1.807, 2.05) is 42.5 Å².